The van der Waals surface area contributed by atoms with Gasteiger partial charge in [-0.15, -0.1) is 0 Å². The highest BCUT2D eigenvalue weighted by Gasteiger charge is 2.41. The fourth-order valence-electron chi connectivity index (χ4n) is 7.39. The van der Waals surface area contributed by atoms with E-state index in [9.17, 15) is 14.4 Å². The molecule has 3 fully saturated rings. The summed E-state index contributed by atoms with van der Waals surface area (Å²) in [6.07, 6.45) is 14.5. The van der Waals surface area contributed by atoms with Crippen LogP contribution in [0.5, 0.6) is 0 Å². The molecule has 15 heteroatoms. The first-order valence-electron chi connectivity index (χ1n) is 20.8. The highest BCUT2D eigenvalue weighted by atomic mass is 16.5. The predicted molar refractivity (Wildman–Crippen MR) is 226 cm³/mol. The third kappa shape index (κ3) is 11.2. The van der Waals surface area contributed by atoms with Gasteiger partial charge in [0.15, 0.2) is 0 Å². The first-order chi connectivity index (χ1) is 28.8. The van der Waals surface area contributed by atoms with E-state index in [1.54, 1.807) is 7.05 Å². The fourth-order valence-corrected chi connectivity index (χ4v) is 7.39. The van der Waals surface area contributed by atoms with E-state index in [1.807, 2.05) is 35.4 Å². The summed E-state index contributed by atoms with van der Waals surface area (Å²) in [5.41, 5.74) is 6.43. The molecular formula is C44H57N9O6. The standard InChI is InChI=1S/C38H45N9O4.C4H8.C2H4O2/c1-39-22-34(48)40-17-4-3-10-33-41-21-31(43-33)25-12-15-27-24(19-25)11-14-28(42-27)26-13-16-29-30(20-26)45-36(44-29)32-9-6-18-47(32)37(49)35(23-7-5-8-23)46-38(50)51-2;1-2-4-3-1;1-4-2-3/h11-16,19-21,23,32,35,39H,3-10,17-18,22H2,1-2H3,(H,40,48)(H,41,43)(H,44,45)(H,46,50);1-4H2;2H,1H3. The molecule has 2 aromatic carbocycles. The minimum atomic E-state index is -0.583. The van der Waals surface area contributed by atoms with Crippen molar-refractivity contribution < 1.29 is 28.7 Å². The molecule has 3 amide bonds. The fraction of sp³-hybridized carbons (Fsp3) is 0.477. The smallest absolute Gasteiger partial charge is 0.407 e. The summed E-state index contributed by atoms with van der Waals surface area (Å²) >= 11 is 0. The van der Waals surface area contributed by atoms with E-state index < -0.39 is 12.1 Å². The Bertz CT molecular complexity index is 2170. The van der Waals surface area contributed by atoms with Gasteiger partial charge in [-0.05, 0) is 81.8 Å². The zero-order valence-corrected chi connectivity index (χ0v) is 34.4. The van der Waals surface area contributed by atoms with Gasteiger partial charge in [0.1, 0.15) is 17.7 Å². The molecule has 5 aromatic rings. The Balaban J connectivity index is 0.000000663. The summed E-state index contributed by atoms with van der Waals surface area (Å²) < 4.78 is 8.69. The third-order valence-corrected chi connectivity index (χ3v) is 11.2. The quantitative estimate of drug-likeness (QED) is 0.0622. The lowest BCUT2D eigenvalue weighted by Gasteiger charge is -2.36. The average Bonchev–Trinajstić information content (AvgIpc) is 3.99. The molecule has 2 saturated carbocycles. The van der Waals surface area contributed by atoms with Gasteiger partial charge in [-0.1, -0.05) is 50.3 Å². The Morgan fingerprint density at radius 2 is 1.66 bits per heavy atom. The molecule has 314 valence electrons. The van der Waals surface area contributed by atoms with Crippen LogP contribution < -0.4 is 16.0 Å². The van der Waals surface area contributed by atoms with E-state index in [4.69, 9.17) is 19.5 Å². The van der Waals surface area contributed by atoms with E-state index in [0.717, 1.165) is 107 Å². The molecule has 4 heterocycles. The molecule has 0 bridgehead atoms. The highest BCUT2D eigenvalue weighted by Crippen LogP contribution is 2.36. The number of likely N-dealkylation sites (tertiary alicyclic amines) is 1. The van der Waals surface area contributed by atoms with Crippen LogP contribution in [0.15, 0.2) is 54.7 Å². The number of methoxy groups -OCH3 is 2. The van der Waals surface area contributed by atoms with Crippen LogP contribution >= 0.6 is 0 Å². The zero-order chi connectivity index (χ0) is 41.6. The van der Waals surface area contributed by atoms with Gasteiger partial charge in [-0.2, -0.15) is 0 Å². The van der Waals surface area contributed by atoms with Crippen molar-refractivity contribution in [2.24, 2.45) is 5.92 Å². The Morgan fingerprint density at radius 3 is 2.36 bits per heavy atom. The second-order valence-electron chi connectivity index (χ2n) is 15.3. The van der Waals surface area contributed by atoms with Crippen LogP contribution in [0.25, 0.3) is 44.5 Å². The molecule has 3 aromatic heterocycles. The minimum absolute atomic E-state index is 0.0103. The molecule has 15 nitrogen and oxygen atoms in total. The van der Waals surface area contributed by atoms with Crippen LogP contribution in [-0.2, 0) is 30.3 Å². The van der Waals surface area contributed by atoms with Gasteiger partial charge in [-0.3, -0.25) is 14.4 Å². The number of aromatic nitrogens is 5. The summed E-state index contributed by atoms with van der Waals surface area (Å²) in [5.74, 6) is 1.76. The Kier molecular flexibility index (Phi) is 15.4. The Hall–Kier alpha value is -5.83. The summed E-state index contributed by atoms with van der Waals surface area (Å²) in [4.78, 5) is 69.6. The molecule has 8 rings (SSSR count). The van der Waals surface area contributed by atoms with Crippen molar-refractivity contribution in [1.82, 2.24) is 45.8 Å². The number of unbranched alkanes of at least 4 members (excludes halogenated alkanes) is 1. The number of carbonyl (C=O) groups is 4. The van der Waals surface area contributed by atoms with E-state index >= 15 is 0 Å². The summed E-state index contributed by atoms with van der Waals surface area (Å²) in [6, 6.07) is 15.7. The van der Waals surface area contributed by atoms with Crippen LogP contribution in [-0.4, -0.2) is 101 Å². The van der Waals surface area contributed by atoms with Gasteiger partial charge < -0.3 is 40.3 Å². The number of benzene rings is 2. The van der Waals surface area contributed by atoms with E-state index in [1.165, 1.54) is 39.9 Å². The van der Waals surface area contributed by atoms with Gasteiger partial charge in [0.25, 0.3) is 6.47 Å². The monoisotopic (exact) mass is 807 g/mol. The Morgan fingerprint density at radius 1 is 0.898 bits per heavy atom. The first kappa shape index (κ1) is 42.8. The normalized spacial score (nSPS) is 16.4. The molecule has 0 radical (unpaired) electrons. The second kappa shape index (κ2) is 21.3. The lowest BCUT2D eigenvalue weighted by Crippen LogP contribution is -2.53. The van der Waals surface area contributed by atoms with Crippen molar-refractivity contribution >= 4 is 46.3 Å². The molecule has 2 atom stereocenters. The first-order valence-corrected chi connectivity index (χ1v) is 20.8. The van der Waals surface area contributed by atoms with Crippen molar-refractivity contribution in [3.05, 3.63) is 66.4 Å². The topological polar surface area (TPSA) is 196 Å². The van der Waals surface area contributed by atoms with Crippen molar-refractivity contribution in [2.75, 3.05) is 40.9 Å². The lowest BCUT2D eigenvalue weighted by molar-refractivity contribution is -0.136. The summed E-state index contributed by atoms with van der Waals surface area (Å²) in [6.45, 7) is 1.99. The molecule has 2 aliphatic carbocycles. The third-order valence-electron chi connectivity index (χ3n) is 11.2. The number of aryl methyl sites for hydroxylation is 1. The number of pyridine rings is 1. The number of nitrogens with zero attached hydrogens (tertiary/aromatic N) is 4. The number of carbonyl (C=O) groups excluding carboxylic acids is 4. The summed E-state index contributed by atoms with van der Waals surface area (Å²) in [5, 5.41) is 9.59. The van der Waals surface area contributed by atoms with E-state index in [-0.39, 0.29) is 23.8 Å². The maximum atomic E-state index is 13.8. The number of amides is 3. The largest absolute Gasteiger partial charge is 0.471 e. The van der Waals surface area contributed by atoms with Crippen molar-refractivity contribution in [3.8, 4) is 22.5 Å². The minimum Gasteiger partial charge on any atom is -0.471 e. The maximum absolute atomic E-state index is 13.8. The van der Waals surface area contributed by atoms with Crippen molar-refractivity contribution in [1.29, 1.82) is 0 Å². The number of rotatable bonds is 14. The molecule has 3 aliphatic rings. The van der Waals surface area contributed by atoms with Gasteiger partial charge in [-0.25, -0.2) is 19.7 Å². The van der Waals surface area contributed by atoms with Gasteiger partial charge in [0.2, 0.25) is 11.8 Å². The maximum Gasteiger partial charge on any atom is 0.407 e. The second-order valence-corrected chi connectivity index (χ2v) is 15.3. The van der Waals surface area contributed by atoms with Crippen LogP contribution in [0.4, 0.5) is 4.79 Å². The van der Waals surface area contributed by atoms with Crippen LogP contribution in [0, 0.1) is 5.92 Å². The van der Waals surface area contributed by atoms with Gasteiger partial charge >= 0.3 is 6.09 Å². The van der Waals surface area contributed by atoms with Crippen LogP contribution in [0.3, 0.4) is 0 Å². The van der Waals surface area contributed by atoms with Gasteiger partial charge in [0.05, 0.1) is 60.9 Å². The predicted octanol–water partition coefficient (Wildman–Crippen LogP) is 6.36. The molecular weight excluding hydrogens is 751 g/mol. The highest BCUT2D eigenvalue weighted by molar-refractivity contribution is 5.88. The molecule has 1 aliphatic heterocycles. The van der Waals surface area contributed by atoms with Crippen molar-refractivity contribution in [3.63, 3.8) is 0 Å². The van der Waals surface area contributed by atoms with E-state index in [2.05, 4.69) is 59.9 Å². The molecule has 1 saturated heterocycles. The average molecular weight is 808 g/mol. The number of likely N-dealkylation sites (N-methyl/N-ethyl adjacent to an activating group) is 1. The van der Waals surface area contributed by atoms with Crippen molar-refractivity contribution in [2.45, 2.75) is 89.1 Å². The number of hydrogen-bond donors (Lipinski definition) is 5. The number of H-pyrrole nitrogens is 2. The molecule has 5 N–H and O–H groups in total. The SMILES string of the molecule is C1CCC1.CNCC(=O)NCCCCc1ncc(-c2ccc3nc(-c4ccc5nc(C6CCCN6C(=O)C(NC(=O)OC)C6CCC6)[nH]c5c4)ccc3c2)[nH]1.COC=O. The number of imidazole rings is 2. The molecule has 59 heavy (non-hydrogen) atoms. The number of nitrogens with one attached hydrogen (secondary N) is 5. The number of aromatic amines is 2. The lowest BCUT2D eigenvalue weighted by atomic mass is 9.79. The number of fused-ring (bicyclic) bond motifs is 2. The van der Waals surface area contributed by atoms with Gasteiger partial charge in [0, 0.05) is 36.0 Å². The molecule has 0 spiro atoms. The molecule has 2 unspecified atom stereocenters. The van der Waals surface area contributed by atoms with Crippen LogP contribution in [0.1, 0.15) is 88.3 Å². The number of alkyl carbamates (subject to hydrolysis) is 1. The number of ether oxygens (including phenoxy) is 2. The van der Waals surface area contributed by atoms with E-state index in [0.29, 0.717) is 26.1 Å². The number of hydrogen-bond acceptors (Lipinski definition) is 10. The summed E-state index contributed by atoms with van der Waals surface area (Å²) in [7, 11) is 4.39. The van der Waals surface area contributed by atoms with Crippen LogP contribution in [0.2, 0.25) is 0 Å². The zero-order valence-electron chi connectivity index (χ0n) is 34.4. The Labute approximate surface area is 344 Å².